The van der Waals surface area contributed by atoms with Crippen molar-refractivity contribution in [3.05, 3.63) is 29.8 Å². The fraction of sp³-hybridized carbons (Fsp3) is 0.562. The zero-order valence-corrected chi connectivity index (χ0v) is 14.8. The van der Waals surface area contributed by atoms with Gasteiger partial charge in [0.2, 0.25) is 5.91 Å². The van der Waals surface area contributed by atoms with Crippen molar-refractivity contribution < 1.29 is 22.2 Å². The molecule has 1 aliphatic rings. The first-order valence-electron chi connectivity index (χ1n) is 7.96. The smallest absolute Gasteiger partial charge is 0.325 e. The minimum absolute atomic E-state index is 0.203. The third-order valence-corrected chi connectivity index (χ3v) is 4.78. The molecule has 140 valence electrons. The monoisotopic (exact) mass is 377 g/mol. The van der Waals surface area contributed by atoms with Crippen LogP contribution in [0.25, 0.3) is 0 Å². The van der Waals surface area contributed by atoms with Gasteiger partial charge >= 0.3 is 6.18 Å². The highest BCUT2D eigenvalue weighted by Gasteiger charge is 2.30. The zero-order valence-electron chi connectivity index (χ0n) is 14.0. The maximum absolute atomic E-state index is 12.5. The number of carbonyl (C=O) groups is 1. The van der Waals surface area contributed by atoms with Gasteiger partial charge in [0.1, 0.15) is 0 Å². The summed E-state index contributed by atoms with van der Waals surface area (Å²) in [4.78, 5) is 16.2. The Morgan fingerprint density at radius 3 is 2.20 bits per heavy atom. The highest BCUT2D eigenvalue weighted by molar-refractivity contribution is 7.84. The van der Waals surface area contributed by atoms with E-state index in [0.717, 1.165) is 44.9 Å². The van der Waals surface area contributed by atoms with Crippen molar-refractivity contribution in [3.63, 3.8) is 0 Å². The van der Waals surface area contributed by atoms with Crippen molar-refractivity contribution in [3.8, 4) is 0 Å². The van der Waals surface area contributed by atoms with E-state index in [2.05, 4.69) is 10.2 Å². The molecule has 1 aliphatic heterocycles. The summed E-state index contributed by atoms with van der Waals surface area (Å²) in [7, 11) is -0.805. The molecule has 25 heavy (non-hydrogen) atoms. The van der Waals surface area contributed by atoms with Crippen molar-refractivity contribution in [1.82, 2.24) is 9.80 Å². The van der Waals surface area contributed by atoms with Crippen LogP contribution in [-0.2, 0) is 21.8 Å². The molecule has 1 amide bonds. The number of benzene rings is 1. The molecule has 1 fully saturated rings. The second-order valence-corrected chi connectivity index (χ2v) is 7.57. The molecule has 0 bridgehead atoms. The van der Waals surface area contributed by atoms with E-state index >= 15 is 0 Å². The number of rotatable bonds is 6. The Labute approximate surface area is 147 Å². The molecule has 0 spiro atoms. The first kappa shape index (κ1) is 19.9. The second kappa shape index (κ2) is 8.77. The Hall–Kier alpha value is -1.45. The summed E-state index contributed by atoms with van der Waals surface area (Å²) in [5.41, 5.74) is -0.392. The number of hydrogen-bond acceptors (Lipinski definition) is 4. The van der Waals surface area contributed by atoms with E-state index in [1.165, 1.54) is 12.1 Å². The number of nitrogens with zero attached hydrogens (tertiary/aromatic N) is 2. The lowest BCUT2D eigenvalue weighted by atomic mass is 10.2. The number of anilines is 1. The summed E-state index contributed by atoms with van der Waals surface area (Å²) in [6.45, 7) is 4.08. The van der Waals surface area contributed by atoms with Crippen molar-refractivity contribution in [1.29, 1.82) is 0 Å². The Morgan fingerprint density at radius 1 is 1.12 bits per heavy atom. The molecule has 1 aromatic carbocycles. The molecule has 1 N–H and O–H groups in total. The Balaban J connectivity index is 1.75. The van der Waals surface area contributed by atoms with Crippen LogP contribution in [0.15, 0.2) is 24.3 Å². The molecule has 2 rings (SSSR count). The van der Waals surface area contributed by atoms with Gasteiger partial charge in [0.25, 0.3) is 0 Å². The zero-order chi connectivity index (χ0) is 18.4. The summed E-state index contributed by atoms with van der Waals surface area (Å²) in [5, 5.41) is 2.62. The summed E-state index contributed by atoms with van der Waals surface area (Å²) in [6, 6.07) is 4.41. The number of carbonyl (C=O) groups excluding carboxylic acids is 1. The summed E-state index contributed by atoms with van der Waals surface area (Å²) >= 11 is 0. The fourth-order valence-corrected chi connectivity index (χ4v) is 3.09. The Kier molecular flexibility index (Phi) is 6.97. The standard InChI is InChI=1S/C16H22F3N3O2S/c1-25(24)11-10-21-6-8-22(9-7-21)12-15(23)20-14-4-2-13(3-5-14)16(17,18)19/h2-5H,6-12H2,1H3,(H,20,23). The highest BCUT2D eigenvalue weighted by atomic mass is 32.2. The molecular formula is C16H22F3N3O2S. The average Bonchev–Trinajstić information content (AvgIpc) is 2.53. The van der Waals surface area contributed by atoms with Gasteiger partial charge in [-0.25, -0.2) is 0 Å². The van der Waals surface area contributed by atoms with E-state index in [9.17, 15) is 22.2 Å². The highest BCUT2D eigenvalue weighted by Crippen LogP contribution is 2.29. The molecule has 0 radical (unpaired) electrons. The van der Waals surface area contributed by atoms with E-state index in [1.807, 2.05) is 4.90 Å². The van der Waals surface area contributed by atoms with Gasteiger partial charge in [0.05, 0.1) is 12.1 Å². The minimum atomic E-state index is -4.38. The van der Waals surface area contributed by atoms with Gasteiger partial charge in [0.15, 0.2) is 0 Å². The van der Waals surface area contributed by atoms with Gasteiger partial charge < -0.3 is 5.32 Å². The number of halogens is 3. The summed E-state index contributed by atoms with van der Waals surface area (Å²) in [5.74, 6) is 0.400. The van der Waals surface area contributed by atoms with Crippen LogP contribution < -0.4 is 5.32 Å². The third kappa shape index (κ3) is 6.75. The quantitative estimate of drug-likeness (QED) is 0.819. The van der Waals surface area contributed by atoms with E-state index in [0.29, 0.717) is 11.4 Å². The number of piperazine rings is 1. The molecular weight excluding hydrogens is 355 g/mol. The lowest BCUT2D eigenvalue weighted by Crippen LogP contribution is -2.49. The van der Waals surface area contributed by atoms with Crippen LogP contribution >= 0.6 is 0 Å². The van der Waals surface area contributed by atoms with Crippen molar-refractivity contribution in [2.24, 2.45) is 0 Å². The molecule has 0 aromatic heterocycles. The second-order valence-electron chi connectivity index (χ2n) is 6.02. The van der Waals surface area contributed by atoms with E-state index < -0.39 is 22.5 Å². The average molecular weight is 377 g/mol. The number of nitrogens with one attached hydrogen (secondary N) is 1. The van der Waals surface area contributed by atoms with E-state index in [-0.39, 0.29) is 12.5 Å². The molecule has 1 saturated heterocycles. The summed E-state index contributed by atoms with van der Waals surface area (Å²) in [6.07, 6.45) is -2.70. The van der Waals surface area contributed by atoms with Gasteiger partial charge in [-0.15, -0.1) is 0 Å². The SMILES string of the molecule is CS(=O)CCN1CCN(CC(=O)Nc2ccc(C(F)(F)F)cc2)CC1. The molecule has 1 aromatic rings. The van der Waals surface area contributed by atoms with Gasteiger partial charge in [0, 0.05) is 61.2 Å². The lowest BCUT2D eigenvalue weighted by Gasteiger charge is -2.34. The Morgan fingerprint density at radius 2 is 1.68 bits per heavy atom. The predicted octanol–water partition coefficient (Wildman–Crippen LogP) is 1.64. The number of hydrogen-bond donors (Lipinski definition) is 1. The largest absolute Gasteiger partial charge is 0.416 e. The fourth-order valence-electron chi connectivity index (χ4n) is 2.57. The maximum Gasteiger partial charge on any atom is 0.416 e. The first-order chi connectivity index (χ1) is 11.7. The molecule has 1 heterocycles. The van der Waals surface area contributed by atoms with Crippen molar-refractivity contribution >= 4 is 22.4 Å². The molecule has 0 aliphatic carbocycles. The molecule has 9 heteroatoms. The molecule has 5 nitrogen and oxygen atoms in total. The molecule has 0 saturated carbocycles. The first-order valence-corrected chi connectivity index (χ1v) is 9.68. The van der Waals surface area contributed by atoms with Crippen LogP contribution in [0, 0.1) is 0 Å². The number of amides is 1. The van der Waals surface area contributed by atoms with Gasteiger partial charge in [-0.1, -0.05) is 0 Å². The topological polar surface area (TPSA) is 52.7 Å². The number of alkyl halides is 3. The summed E-state index contributed by atoms with van der Waals surface area (Å²) < 4.78 is 48.6. The van der Waals surface area contributed by atoms with Gasteiger partial charge in [-0.3, -0.25) is 18.8 Å². The minimum Gasteiger partial charge on any atom is -0.325 e. The van der Waals surface area contributed by atoms with E-state index in [1.54, 1.807) is 6.26 Å². The van der Waals surface area contributed by atoms with Crippen molar-refractivity contribution in [2.45, 2.75) is 6.18 Å². The van der Waals surface area contributed by atoms with Crippen LogP contribution in [-0.4, -0.2) is 71.2 Å². The lowest BCUT2D eigenvalue weighted by molar-refractivity contribution is -0.137. The van der Waals surface area contributed by atoms with Crippen LogP contribution in [0.4, 0.5) is 18.9 Å². The van der Waals surface area contributed by atoms with Crippen LogP contribution in [0.3, 0.4) is 0 Å². The molecule has 1 atom stereocenters. The molecule has 1 unspecified atom stereocenters. The van der Waals surface area contributed by atoms with E-state index in [4.69, 9.17) is 0 Å². The van der Waals surface area contributed by atoms with Gasteiger partial charge in [-0.05, 0) is 24.3 Å². The van der Waals surface area contributed by atoms with Crippen LogP contribution in [0.5, 0.6) is 0 Å². The van der Waals surface area contributed by atoms with Crippen LogP contribution in [0.2, 0.25) is 0 Å². The Bertz CT molecular complexity index is 600. The predicted molar refractivity (Wildman–Crippen MR) is 91.9 cm³/mol. The maximum atomic E-state index is 12.5. The van der Waals surface area contributed by atoms with Crippen LogP contribution in [0.1, 0.15) is 5.56 Å². The van der Waals surface area contributed by atoms with Crippen molar-refractivity contribution in [2.75, 3.05) is 56.6 Å². The normalized spacial score (nSPS) is 18.1. The van der Waals surface area contributed by atoms with Gasteiger partial charge in [-0.2, -0.15) is 13.2 Å². The third-order valence-electron chi connectivity index (χ3n) is 4.02.